The van der Waals surface area contributed by atoms with Crippen LogP contribution in [0.1, 0.15) is 26.2 Å². The van der Waals surface area contributed by atoms with Crippen LogP contribution in [0.2, 0.25) is 0 Å². The standard InChI is InChI=1S/C6H10O.C2H4O/c1-2-3-4-6-5-7-6;1-2-3-1/h5H,2-4H2,1H3;1-2H2. The van der Waals surface area contributed by atoms with E-state index in [-0.39, 0.29) is 0 Å². The van der Waals surface area contributed by atoms with Gasteiger partial charge in [-0.2, -0.15) is 0 Å². The Kier molecular flexibility index (Phi) is 3.30. The molecule has 10 heavy (non-hydrogen) atoms. The highest BCUT2D eigenvalue weighted by molar-refractivity contribution is 5.01. The third-order valence-corrected chi connectivity index (χ3v) is 1.27. The molecule has 1 saturated heterocycles. The van der Waals surface area contributed by atoms with E-state index in [0.29, 0.717) is 0 Å². The number of hydrogen-bond donors (Lipinski definition) is 0. The van der Waals surface area contributed by atoms with Crippen molar-refractivity contribution in [2.24, 2.45) is 0 Å². The maximum absolute atomic E-state index is 4.80. The van der Waals surface area contributed by atoms with Crippen molar-refractivity contribution in [1.29, 1.82) is 0 Å². The van der Waals surface area contributed by atoms with E-state index in [1.54, 1.807) is 0 Å². The maximum atomic E-state index is 4.80. The summed E-state index contributed by atoms with van der Waals surface area (Å²) in [6, 6.07) is 0. The molecule has 2 aliphatic heterocycles. The fourth-order valence-electron chi connectivity index (χ4n) is 0.511. The number of epoxide rings is 1. The Labute approximate surface area is 61.8 Å². The predicted molar refractivity (Wildman–Crippen MR) is 39.5 cm³/mol. The van der Waals surface area contributed by atoms with Gasteiger partial charge in [0.05, 0.1) is 13.2 Å². The third-order valence-electron chi connectivity index (χ3n) is 1.27. The van der Waals surface area contributed by atoms with Crippen molar-refractivity contribution in [2.45, 2.75) is 26.2 Å². The van der Waals surface area contributed by atoms with E-state index in [4.69, 9.17) is 4.74 Å². The summed E-state index contributed by atoms with van der Waals surface area (Å²) in [5.74, 6) is 1.18. The molecule has 0 amide bonds. The average Bonchev–Trinajstić information content (AvgIpc) is 2.74. The van der Waals surface area contributed by atoms with Crippen molar-refractivity contribution in [3.05, 3.63) is 12.0 Å². The van der Waals surface area contributed by atoms with Gasteiger partial charge in [-0.05, 0) is 6.42 Å². The van der Waals surface area contributed by atoms with Crippen LogP contribution in [-0.2, 0) is 9.47 Å². The molecule has 0 bridgehead atoms. The second kappa shape index (κ2) is 4.34. The molecule has 2 nitrogen and oxygen atoms in total. The molecule has 0 unspecified atom stereocenters. The van der Waals surface area contributed by atoms with Crippen LogP contribution in [0.4, 0.5) is 0 Å². The minimum atomic E-state index is 1.00. The molecule has 0 spiro atoms. The zero-order valence-corrected chi connectivity index (χ0v) is 6.43. The second-order valence-electron chi connectivity index (χ2n) is 2.42. The first kappa shape index (κ1) is 7.61. The second-order valence-corrected chi connectivity index (χ2v) is 2.42. The van der Waals surface area contributed by atoms with Crippen molar-refractivity contribution < 1.29 is 9.47 Å². The number of ether oxygens (including phenoxy) is 2. The Hall–Kier alpha value is -0.500. The zero-order chi connectivity index (χ0) is 7.23. The monoisotopic (exact) mass is 142 g/mol. The molecule has 2 heteroatoms. The smallest absolute Gasteiger partial charge is 0.138 e. The van der Waals surface area contributed by atoms with Gasteiger partial charge in [0.15, 0.2) is 0 Å². The lowest BCUT2D eigenvalue weighted by molar-refractivity contribution is 0.475. The minimum Gasteiger partial charge on any atom is -0.463 e. The van der Waals surface area contributed by atoms with Crippen molar-refractivity contribution in [3.8, 4) is 0 Å². The molecule has 1 fully saturated rings. The number of allylic oxidation sites excluding steroid dienone is 1. The molecular formula is C8H14O2. The van der Waals surface area contributed by atoms with Gasteiger partial charge in [0, 0.05) is 6.42 Å². The Morgan fingerprint density at radius 3 is 2.40 bits per heavy atom. The lowest BCUT2D eigenvalue weighted by Crippen LogP contribution is -1.67. The highest BCUT2D eigenvalue weighted by atomic mass is 16.6. The average molecular weight is 142 g/mol. The van der Waals surface area contributed by atoms with Crippen LogP contribution < -0.4 is 0 Å². The molecular weight excluding hydrogens is 128 g/mol. The van der Waals surface area contributed by atoms with E-state index >= 15 is 0 Å². The van der Waals surface area contributed by atoms with Crippen LogP contribution in [-0.4, -0.2) is 13.2 Å². The molecule has 0 saturated carbocycles. The topological polar surface area (TPSA) is 25.1 Å². The van der Waals surface area contributed by atoms with Crippen LogP contribution in [0.3, 0.4) is 0 Å². The molecule has 2 rings (SSSR count). The third kappa shape index (κ3) is 5.63. The summed E-state index contributed by atoms with van der Waals surface area (Å²) < 4.78 is 9.30. The predicted octanol–water partition coefficient (Wildman–Crippen LogP) is 2.06. The summed E-state index contributed by atoms with van der Waals surface area (Å²) in [6.45, 7) is 4.18. The van der Waals surface area contributed by atoms with E-state index in [2.05, 4.69) is 11.7 Å². The SMILES string of the molecule is C1CO1.CCCCC1=CO1. The molecule has 0 N–H and O–H groups in total. The van der Waals surface area contributed by atoms with Crippen LogP contribution in [0.15, 0.2) is 12.0 Å². The molecule has 0 aliphatic carbocycles. The minimum absolute atomic E-state index is 1.00. The van der Waals surface area contributed by atoms with Gasteiger partial charge in [-0.3, -0.25) is 0 Å². The Bertz CT molecular complexity index is 114. The summed E-state index contributed by atoms with van der Waals surface area (Å²) in [7, 11) is 0. The van der Waals surface area contributed by atoms with Crippen LogP contribution in [0.25, 0.3) is 0 Å². The van der Waals surface area contributed by atoms with Gasteiger partial charge in [-0.1, -0.05) is 13.3 Å². The van der Waals surface area contributed by atoms with E-state index in [1.807, 2.05) is 6.26 Å². The van der Waals surface area contributed by atoms with Crippen LogP contribution in [0.5, 0.6) is 0 Å². The van der Waals surface area contributed by atoms with E-state index in [1.165, 1.54) is 18.6 Å². The van der Waals surface area contributed by atoms with Gasteiger partial charge in [0.2, 0.25) is 0 Å². The van der Waals surface area contributed by atoms with Crippen molar-refractivity contribution in [3.63, 3.8) is 0 Å². The largest absolute Gasteiger partial charge is 0.463 e. The summed E-state index contributed by atoms with van der Waals surface area (Å²) >= 11 is 0. The molecule has 0 atom stereocenters. The Morgan fingerprint density at radius 2 is 2.10 bits per heavy atom. The van der Waals surface area contributed by atoms with Crippen LogP contribution >= 0.6 is 0 Å². The van der Waals surface area contributed by atoms with Gasteiger partial charge in [-0.15, -0.1) is 0 Å². The van der Waals surface area contributed by atoms with Crippen molar-refractivity contribution in [1.82, 2.24) is 0 Å². The van der Waals surface area contributed by atoms with Crippen molar-refractivity contribution >= 4 is 0 Å². The Balaban J connectivity index is 0.000000138. The lowest BCUT2D eigenvalue weighted by atomic mass is 10.2. The summed E-state index contributed by atoms with van der Waals surface area (Å²) in [5, 5.41) is 0. The van der Waals surface area contributed by atoms with E-state index in [9.17, 15) is 0 Å². The fourth-order valence-corrected chi connectivity index (χ4v) is 0.511. The molecule has 2 aliphatic rings. The first-order valence-corrected chi connectivity index (χ1v) is 3.87. The molecule has 0 aromatic carbocycles. The lowest BCUT2D eigenvalue weighted by Gasteiger charge is -1.83. The van der Waals surface area contributed by atoms with Crippen LogP contribution in [0, 0.1) is 0 Å². The molecule has 0 aromatic rings. The van der Waals surface area contributed by atoms with Gasteiger partial charge >= 0.3 is 0 Å². The molecule has 58 valence electrons. The first-order valence-electron chi connectivity index (χ1n) is 3.87. The van der Waals surface area contributed by atoms with Gasteiger partial charge in [0.1, 0.15) is 12.0 Å². The van der Waals surface area contributed by atoms with Crippen molar-refractivity contribution in [2.75, 3.05) is 13.2 Å². The Morgan fingerprint density at radius 1 is 1.50 bits per heavy atom. The normalized spacial score (nSPS) is 17.9. The highest BCUT2D eigenvalue weighted by Gasteiger charge is 2.06. The number of hydrogen-bond acceptors (Lipinski definition) is 2. The quantitative estimate of drug-likeness (QED) is 0.563. The summed E-state index contributed by atoms with van der Waals surface area (Å²) in [4.78, 5) is 0. The number of rotatable bonds is 3. The molecule has 0 aromatic heterocycles. The summed E-state index contributed by atoms with van der Waals surface area (Å²) in [5.41, 5.74) is 0. The summed E-state index contributed by atoms with van der Waals surface area (Å²) in [6.07, 6.45) is 5.50. The number of unbranched alkanes of at least 4 members (excludes halogenated alkanes) is 1. The van der Waals surface area contributed by atoms with Gasteiger partial charge < -0.3 is 9.47 Å². The zero-order valence-electron chi connectivity index (χ0n) is 6.43. The van der Waals surface area contributed by atoms with Gasteiger partial charge in [-0.25, -0.2) is 0 Å². The van der Waals surface area contributed by atoms with E-state index < -0.39 is 0 Å². The van der Waals surface area contributed by atoms with E-state index in [0.717, 1.165) is 19.6 Å². The fraction of sp³-hybridized carbons (Fsp3) is 0.750. The van der Waals surface area contributed by atoms with Gasteiger partial charge in [0.25, 0.3) is 0 Å². The maximum Gasteiger partial charge on any atom is 0.138 e. The first-order chi connectivity index (χ1) is 4.93. The molecule has 2 heterocycles. The highest BCUT2D eigenvalue weighted by Crippen LogP contribution is 2.19. The molecule has 0 radical (unpaired) electrons.